The summed E-state index contributed by atoms with van der Waals surface area (Å²) in [7, 11) is 0. The second kappa shape index (κ2) is 11.4. The van der Waals surface area contributed by atoms with E-state index in [-0.39, 0.29) is 17.7 Å². The molecule has 0 N–H and O–H groups in total. The molecule has 0 unspecified atom stereocenters. The predicted octanol–water partition coefficient (Wildman–Crippen LogP) is 6.30. The maximum atomic E-state index is 14.0. The third kappa shape index (κ3) is 5.15. The summed E-state index contributed by atoms with van der Waals surface area (Å²) in [6.45, 7) is 3.82. The molecule has 0 amide bonds. The van der Waals surface area contributed by atoms with Gasteiger partial charge in [0.15, 0.2) is 4.80 Å². The summed E-state index contributed by atoms with van der Waals surface area (Å²) in [5.74, 6) is 0.0611. The third-order valence-corrected chi connectivity index (χ3v) is 8.14. The zero-order chi connectivity index (χ0) is 29.4. The van der Waals surface area contributed by atoms with Gasteiger partial charge in [-0.2, -0.15) is 0 Å². The highest BCUT2D eigenvalue weighted by Crippen LogP contribution is 2.35. The highest BCUT2D eigenvalue weighted by Gasteiger charge is 2.35. The molecule has 1 atom stereocenters. The molecular formula is C33H24ClFN2O4S. The zero-order valence-corrected chi connectivity index (χ0v) is 24.2. The molecule has 1 aliphatic heterocycles. The average Bonchev–Trinajstić information content (AvgIpc) is 3.58. The van der Waals surface area contributed by atoms with E-state index in [4.69, 9.17) is 25.7 Å². The van der Waals surface area contributed by atoms with Gasteiger partial charge in [0.25, 0.3) is 5.56 Å². The Bertz CT molecular complexity index is 2020. The zero-order valence-electron chi connectivity index (χ0n) is 22.6. The first-order chi connectivity index (χ1) is 20.3. The molecule has 210 valence electrons. The van der Waals surface area contributed by atoms with E-state index in [0.717, 1.165) is 11.1 Å². The summed E-state index contributed by atoms with van der Waals surface area (Å²) in [4.78, 5) is 32.7. The van der Waals surface area contributed by atoms with E-state index in [1.165, 1.54) is 28.0 Å². The standard InChI is InChI=1S/C33H24ClFN2O4S/c1-3-40-32(39)28-29(20-7-5-4-6-8-20)36-33-37(30(28)21-10-13-23(35)14-11-21)31(38)27(42-33)18-24-15-16-26(41-24)25-17-22(34)12-9-19(25)2/h4-18,30H,3H2,1-2H3/b27-18-/t30-/m0/s1. The number of furan rings is 1. The fourth-order valence-corrected chi connectivity index (χ4v) is 6.12. The average molecular weight is 599 g/mol. The Labute approximate surface area is 249 Å². The SMILES string of the molecule is CCOC(=O)C1=C(c2ccccc2)N=c2s/c(=C\c3ccc(-c4cc(Cl)ccc4C)o3)c(=O)n2[C@H]1c1ccc(F)cc1. The van der Waals surface area contributed by atoms with Gasteiger partial charge < -0.3 is 9.15 Å². The fraction of sp³-hybridized carbons (Fsp3) is 0.121. The molecule has 3 aromatic carbocycles. The van der Waals surface area contributed by atoms with Crippen LogP contribution in [0.25, 0.3) is 23.1 Å². The number of esters is 1. The lowest BCUT2D eigenvalue weighted by Crippen LogP contribution is -2.40. The molecule has 1 aliphatic rings. The van der Waals surface area contributed by atoms with Crippen molar-refractivity contribution in [2.24, 2.45) is 4.99 Å². The number of thiazole rings is 1. The topological polar surface area (TPSA) is 73.8 Å². The summed E-state index contributed by atoms with van der Waals surface area (Å²) in [6.07, 6.45) is 1.66. The van der Waals surface area contributed by atoms with Crippen LogP contribution in [0, 0.1) is 12.7 Å². The summed E-state index contributed by atoms with van der Waals surface area (Å²) in [5, 5.41) is 0.592. The Balaban J connectivity index is 1.56. The van der Waals surface area contributed by atoms with Gasteiger partial charge in [0, 0.05) is 22.2 Å². The number of halogens is 2. The highest BCUT2D eigenvalue weighted by atomic mass is 35.5. The molecule has 0 spiro atoms. The van der Waals surface area contributed by atoms with Gasteiger partial charge in [-0.05, 0) is 61.4 Å². The van der Waals surface area contributed by atoms with Crippen LogP contribution in [-0.2, 0) is 9.53 Å². The number of rotatable bonds is 6. The summed E-state index contributed by atoms with van der Waals surface area (Å²) in [5.41, 5.74) is 3.33. The van der Waals surface area contributed by atoms with Gasteiger partial charge in [-0.15, -0.1) is 0 Å². The number of carbonyl (C=O) groups is 1. The van der Waals surface area contributed by atoms with E-state index in [1.54, 1.807) is 31.2 Å². The van der Waals surface area contributed by atoms with Crippen molar-refractivity contribution in [1.29, 1.82) is 0 Å². The van der Waals surface area contributed by atoms with Crippen LogP contribution in [-0.4, -0.2) is 17.1 Å². The van der Waals surface area contributed by atoms with E-state index in [1.807, 2.05) is 61.5 Å². The molecule has 2 aromatic heterocycles. The van der Waals surface area contributed by atoms with Gasteiger partial charge in [-0.3, -0.25) is 9.36 Å². The van der Waals surface area contributed by atoms with Gasteiger partial charge in [0.1, 0.15) is 17.3 Å². The predicted molar refractivity (Wildman–Crippen MR) is 161 cm³/mol. The monoisotopic (exact) mass is 598 g/mol. The summed E-state index contributed by atoms with van der Waals surface area (Å²) in [6, 6.07) is 23.3. The fourth-order valence-electron chi connectivity index (χ4n) is 4.96. The Morgan fingerprint density at radius 2 is 1.86 bits per heavy atom. The molecule has 3 heterocycles. The Morgan fingerprint density at radius 3 is 2.60 bits per heavy atom. The number of hydrogen-bond donors (Lipinski definition) is 0. The van der Waals surface area contributed by atoms with Crippen molar-refractivity contribution < 1.29 is 18.3 Å². The Hall–Kier alpha value is -4.53. The quantitative estimate of drug-likeness (QED) is 0.215. The van der Waals surface area contributed by atoms with Crippen LogP contribution >= 0.6 is 22.9 Å². The lowest BCUT2D eigenvalue weighted by Gasteiger charge is -2.25. The molecule has 0 radical (unpaired) electrons. The normalized spacial score (nSPS) is 15.0. The maximum Gasteiger partial charge on any atom is 0.338 e. The first kappa shape index (κ1) is 27.6. The first-order valence-electron chi connectivity index (χ1n) is 13.2. The number of ether oxygens (including phenoxy) is 1. The van der Waals surface area contributed by atoms with Gasteiger partial charge in [0.05, 0.1) is 28.5 Å². The van der Waals surface area contributed by atoms with Crippen molar-refractivity contribution in [2.75, 3.05) is 6.61 Å². The number of aryl methyl sites for hydroxylation is 1. The summed E-state index contributed by atoms with van der Waals surface area (Å²) >= 11 is 7.39. The largest absolute Gasteiger partial charge is 0.463 e. The van der Waals surface area contributed by atoms with Crippen LogP contribution in [0.3, 0.4) is 0 Å². The molecule has 5 aromatic rings. The minimum Gasteiger partial charge on any atom is -0.463 e. The second-order valence-electron chi connectivity index (χ2n) is 9.64. The number of nitrogens with zero attached hydrogens (tertiary/aromatic N) is 2. The van der Waals surface area contributed by atoms with Crippen LogP contribution in [0.4, 0.5) is 4.39 Å². The van der Waals surface area contributed by atoms with Crippen LogP contribution < -0.4 is 14.9 Å². The Kier molecular flexibility index (Phi) is 7.49. The van der Waals surface area contributed by atoms with Crippen molar-refractivity contribution in [3.8, 4) is 11.3 Å². The molecule has 9 heteroatoms. The minimum atomic E-state index is -0.889. The highest BCUT2D eigenvalue weighted by molar-refractivity contribution is 7.07. The lowest BCUT2D eigenvalue weighted by atomic mass is 9.93. The third-order valence-electron chi connectivity index (χ3n) is 6.92. The van der Waals surface area contributed by atoms with Crippen LogP contribution in [0.2, 0.25) is 5.02 Å². The van der Waals surface area contributed by atoms with Gasteiger partial charge in [-0.25, -0.2) is 14.2 Å². The molecule has 0 fully saturated rings. The van der Waals surface area contributed by atoms with Gasteiger partial charge >= 0.3 is 5.97 Å². The van der Waals surface area contributed by atoms with Crippen LogP contribution in [0.15, 0.2) is 105 Å². The lowest BCUT2D eigenvalue weighted by molar-refractivity contribution is -0.138. The smallest absolute Gasteiger partial charge is 0.338 e. The first-order valence-corrected chi connectivity index (χ1v) is 14.4. The Morgan fingerprint density at radius 1 is 1.10 bits per heavy atom. The minimum absolute atomic E-state index is 0.137. The molecule has 0 saturated carbocycles. The second-order valence-corrected chi connectivity index (χ2v) is 11.1. The van der Waals surface area contributed by atoms with Crippen molar-refractivity contribution in [3.05, 3.63) is 143 Å². The van der Waals surface area contributed by atoms with E-state index < -0.39 is 17.8 Å². The number of fused-ring (bicyclic) bond motifs is 1. The molecule has 6 rings (SSSR count). The number of hydrogen-bond acceptors (Lipinski definition) is 6. The van der Waals surface area contributed by atoms with E-state index in [0.29, 0.717) is 42.7 Å². The molecule has 0 bridgehead atoms. The van der Waals surface area contributed by atoms with Crippen LogP contribution in [0.5, 0.6) is 0 Å². The van der Waals surface area contributed by atoms with Crippen LogP contribution in [0.1, 0.15) is 35.4 Å². The molecule has 0 saturated heterocycles. The van der Waals surface area contributed by atoms with E-state index in [9.17, 15) is 14.0 Å². The number of carbonyl (C=O) groups excluding carboxylic acids is 1. The van der Waals surface area contributed by atoms with Crippen molar-refractivity contribution in [3.63, 3.8) is 0 Å². The van der Waals surface area contributed by atoms with Crippen molar-refractivity contribution in [2.45, 2.75) is 19.9 Å². The van der Waals surface area contributed by atoms with Gasteiger partial charge in [-0.1, -0.05) is 71.5 Å². The van der Waals surface area contributed by atoms with E-state index >= 15 is 0 Å². The van der Waals surface area contributed by atoms with Crippen molar-refractivity contribution >= 4 is 40.7 Å². The summed E-state index contributed by atoms with van der Waals surface area (Å²) < 4.78 is 27.3. The number of benzene rings is 3. The van der Waals surface area contributed by atoms with Gasteiger partial charge in [0.2, 0.25) is 0 Å². The maximum absolute atomic E-state index is 14.0. The molecule has 0 aliphatic carbocycles. The molecule has 6 nitrogen and oxygen atoms in total. The molecule has 42 heavy (non-hydrogen) atoms. The van der Waals surface area contributed by atoms with Crippen molar-refractivity contribution in [1.82, 2.24) is 4.57 Å². The number of aromatic nitrogens is 1. The molecular weight excluding hydrogens is 575 g/mol. The van der Waals surface area contributed by atoms with E-state index in [2.05, 4.69) is 0 Å².